The fourth-order valence-electron chi connectivity index (χ4n) is 5.52. The number of carbonyl (C=O) groups excluding carboxylic acids is 3. The second-order valence-electron chi connectivity index (χ2n) is 11.1. The van der Waals surface area contributed by atoms with E-state index >= 15 is 0 Å². The van der Waals surface area contributed by atoms with Crippen LogP contribution >= 0.6 is 11.6 Å². The van der Waals surface area contributed by atoms with Crippen molar-refractivity contribution in [2.45, 2.75) is 50.8 Å². The number of likely N-dealkylation sites (tertiary alicyclic amines) is 2. The van der Waals surface area contributed by atoms with Crippen LogP contribution in [-0.2, 0) is 25.7 Å². The average molecular weight is 541 g/mol. The molecule has 0 saturated carbocycles. The van der Waals surface area contributed by atoms with Gasteiger partial charge in [0.15, 0.2) is 0 Å². The van der Waals surface area contributed by atoms with Gasteiger partial charge in [0, 0.05) is 37.6 Å². The zero-order valence-electron chi connectivity index (χ0n) is 22.3. The second kappa shape index (κ2) is 11.4. The molecule has 4 rings (SSSR count). The Morgan fingerprint density at radius 3 is 2.53 bits per heavy atom. The molecule has 2 unspecified atom stereocenters. The van der Waals surface area contributed by atoms with Crippen LogP contribution in [0, 0.1) is 5.41 Å². The maximum atomic E-state index is 13.9. The lowest BCUT2D eigenvalue weighted by Gasteiger charge is -2.43. The van der Waals surface area contributed by atoms with E-state index in [0.29, 0.717) is 37.6 Å². The quantitative estimate of drug-likeness (QED) is 0.535. The number of hydrogen-bond acceptors (Lipinski definition) is 5. The van der Waals surface area contributed by atoms with Crippen LogP contribution in [0.15, 0.2) is 54.6 Å². The number of ether oxygens (including phenoxy) is 1. The molecular weight excluding hydrogens is 504 g/mol. The van der Waals surface area contributed by atoms with Crippen LogP contribution in [0.3, 0.4) is 0 Å². The van der Waals surface area contributed by atoms with Gasteiger partial charge in [0.2, 0.25) is 17.7 Å². The van der Waals surface area contributed by atoms with Gasteiger partial charge in [0.1, 0.15) is 6.04 Å². The second-order valence-corrected chi connectivity index (χ2v) is 11.5. The van der Waals surface area contributed by atoms with Crippen LogP contribution in [0.2, 0.25) is 5.02 Å². The maximum Gasteiger partial charge on any atom is 0.247 e. The summed E-state index contributed by atoms with van der Waals surface area (Å²) in [6, 6.07) is 16.3. The van der Waals surface area contributed by atoms with Crippen molar-refractivity contribution in [3.8, 4) is 0 Å². The van der Waals surface area contributed by atoms with E-state index in [2.05, 4.69) is 5.32 Å². The Hall–Kier alpha value is -2.94. The predicted octanol–water partition coefficient (Wildman–Crippen LogP) is 2.94. The Morgan fingerprint density at radius 1 is 1.18 bits per heavy atom. The van der Waals surface area contributed by atoms with E-state index in [4.69, 9.17) is 22.1 Å². The molecule has 3 N–H and O–H groups in total. The van der Waals surface area contributed by atoms with Gasteiger partial charge in [-0.1, -0.05) is 54.1 Å². The van der Waals surface area contributed by atoms with Crippen molar-refractivity contribution in [3.63, 3.8) is 0 Å². The molecule has 2 saturated heterocycles. The summed E-state index contributed by atoms with van der Waals surface area (Å²) in [5, 5.41) is 3.44. The highest BCUT2D eigenvalue weighted by molar-refractivity contribution is 6.30. The smallest absolute Gasteiger partial charge is 0.247 e. The van der Waals surface area contributed by atoms with E-state index in [-0.39, 0.29) is 30.9 Å². The fourth-order valence-corrected chi connectivity index (χ4v) is 5.65. The monoisotopic (exact) mass is 540 g/mol. The highest BCUT2D eigenvalue weighted by Crippen LogP contribution is 2.49. The third kappa shape index (κ3) is 6.03. The van der Waals surface area contributed by atoms with Gasteiger partial charge in [-0.05, 0) is 49.9 Å². The topological polar surface area (TPSA) is 105 Å². The number of piperidine rings is 1. The molecular formula is C29H37ClN4O4. The summed E-state index contributed by atoms with van der Waals surface area (Å²) in [6.45, 7) is 4.83. The number of rotatable bonds is 8. The molecule has 3 atom stereocenters. The Kier molecular flexibility index (Phi) is 8.45. The molecule has 2 aromatic rings. The molecule has 8 nitrogen and oxygen atoms in total. The lowest BCUT2D eigenvalue weighted by atomic mass is 9.69. The van der Waals surface area contributed by atoms with Crippen molar-refractivity contribution < 1.29 is 19.1 Å². The minimum Gasteiger partial charge on any atom is -0.374 e. The normalized spacial score (nSPS) is 22.6. The third-order valence-corrected chi connectivity index (χ3v) is 7.84. The molecule has 0 aromatic heterocycles. The van der Waals surface area contributed by atoms with E-state index in [1.54, 1.807) is 23.6 Å². The summed E-state index contributed by atoms with van der Waals surface area (Å²) in [5.74, 6) is -0.745. The highest BCUT2D eigenvalue weighted by Gasteiger charge is 2.55. The zero-order valence-corrected chi connectivity index (χ0v) is 23.0. The van der Waals surface area contributed by atoms with Gasteiger partial charge in [-0.3, -0.25) is 14.4 Å². The number of nitrogens with zero attached hydrogens (tertiary/aromatic N) is 2. The molecule has 2 aliphatic rings. The summed E-state index contributed by atoms with van der Waals surface area (Å²) < 4.78 is 5.87. The Morgan fingerprint density at radius 2 is 1.87 bits per heavy atom. The average Bonchev–Trinajstić information content (AvgIpc) is 3.12. The Labute approximate surface area is 229 Å². The summed E-state index contributed by atoms with van der Waals surface area (Å²) in [4.78, 5) is 43.7. The summed E-state index contributed by atoms with van der Waals surface area (Å²) in [6.07, 6.45) is 1.37. The van der Waals surface area contributed by atoms with Crippen LogP contribution in [0.5, 0.6) is 0 Å². The van der Waals surface area contributed by atoms with E-state index in [9.17, 15) is 14.4 Å². The number of likely N-dealkylation sites (N-methyl/N-ethyl adjacent to an activating group) is 1. The number of hydrogen-bond donors (Lipinski definition) is 2. The number of nitrogens with one attached hydrogen (secondary N) is 1. The van der Waals surface area contributed by atoms with Gasteiger partial charge in [0.25, 0.3) is 0 Å². The maximum absolute atomic E-state index is 13.9. The molecule has 204 valence electrons. The van der Waals surface area contributed by atoms with Crippen LogP contribution in [0.4, 0.5) is 0 Å². The van der Waals surface area contributed by atoms with Crippen LogP contribution < -0.4 is 11.1 Å². The summed E-state index contributed by atoms with van der Waals surface area (Å²) >= 11 is 6.12. The lowest BCUT2D eigenvalue weighted by Crippen LogP contribution is -2.60. The largest absolute Gasteiger partial charge is 0.374 e. The van der Waals surface area contributed by atoms with Crippen molar-refractivity contribution in [2.75, 3.05) is 33.3 Å². The molecule has 2 fully saturated rings. The van der Waals surface area contributed by atoms with Gasteiger partial charge in [0.05, 0.1) is 24.2 Å². The first kappa shape index (κ1) is 28.1. The first-order chi connectivity index (χ1) is 18.0. The molecule has 9 heteroatoms. The highest BCUT2D eigenvalue weighted by atomic mass is 35.5. The number of nitrogens with two attached hydrogens (primary N) is 1. The Bertz CT molecular complexity index is 1150. The van der Waals surface area contributed by atoms with Crippen LogP contribution in [-0.4, -0.2) is 72.4 Å². The fraction of sp³-hybridized carbons (Fsp3) is 0.483. The molecule has 1 spiro atoms. The first-order valence-electron chi connectivity index (χ1n) is 13.0. The van der Waals surface area contributed by atoms with E-state index in [1.807, 2.05) is 61.6 Å². The zero-order chi connectivity index (χ0) is 27.5. The number of halogens is 1. The van der Waals surface area contributed by atoms with Crippen molar-refractivity contribution in [1.29, 1.82) is 0 Å². The SMILES string of the molecule is CN1CC(c2ccc(Cl)cc2)C2(CCCN(C(=O)[C@@H](COCc3ccccc3)NC(=O)C(C)(C)N)C2)C1=O. The van der Waals surface area contributed by atoms with Crippen molar-refractivity contribution >= 4 is 29.3 Å². The molecule has 38 heavy (non-hydrogen) atoms. The molecule has 0 radical (unpaired) electrons. The van der Waals surface area contributed by atoms with Gasteiger partial charge < -0.3 is 25.6 Å². The molecule has 0 bridgehead atoms. The van der Waals surface area contributed by atoms with Crippen LogP contribution in [0.1, 0.15) is 43.7 Å². The third-order valence-electron chi connectivity index (χ3n) is 7.59. The number of carbonyl (C=O) groups is 3. The minimum atomic E-state index is -1.16. The molecule has 2 aliphatic heterocycles. The minimum absolute atomic E-state index is 0.00644. The van der Waals surface area contributed by atoms with E-state index in [0.717, 1.165) is 11.1 Å². The first-order valence-corrected chi connectivity index (χ1v) is 13.4. The van der Waals surface area contributed by atoms with Gasteiger partial charge in [-0.2, -0.15) is 0 Å². The van der Waals surface area contributed by atoms with E-state index < -0.39 is 22.9 Å². The number of benzene rings is 2. The van der Waals surface area contributed by atoms with E-state index in [1.165, 1.54) is 0 Å². The Balaban J connectivity index is 1.55. The molecule has 2 heterocycles. The molecule has 0 aliphatic carbocycles. The number of amides is 3. The van der Waals surface area contributed by atoms with Gasteiger partial charge >= 0.3 is 0 Å². The lowest BCUT2D eigenvalue weighted by molar-refractivity contribution is -0.147. The molecule has 3 amide bonds. The standard InChI is InChI=1S/C29H37ClN4O4/c1-28(2,31)26(36)32-24(18-38-17-20-8-5-4-6-9-20)25(35)34-15-7-14-29(19-34)23(16-33(3)27(29)37)21-10-12-22(30)13-11-21/h4-6,8-13,23-24H,7,14-19,31H2,1-3H3,(H,32,36)/t23?,24-,29?/m1/s1. The van der Waals surface area contributed by atoms with Crippen molar-refractivity contribution in [3.05, 3.63) is 70.7 Å². The predicted molar refractivity (Wildman–Crippen MR) is 146 cm³/mol. The summed E-state index contributed by atoms with van der Waals surface area (Å²) in [5.41, 5.74) is 6.11. The van der Waals surface area contributed by atoms with Gasteiger partial charge in [-0.15, -0.1) is 0 Å². The van der Waals surface area contributed by atoms with Crippen molar-refractivity contribution in [2.24, 2.45) is 11.1 Å². The van der Waals surface area contributed by atoms with Gasteiger partial charge in [-0.25, -0.2) is 0 Å². The van der Waals surface area contributed by atoms with Crippen molar-refractivity contribution in [1.82, 2.24) is 15.1 Å². The molecule has 2 aromatic carbocycles. The van der Waals surface area contributed by atoms with Crippen LogP contribution in [0.25, 0.3) is 0 Å². The summed E-state index contributed by atoms with van der Waals surface area (Å²) in [7, 11) is 1.81.